The molecule has 0 amide bonds. The Balaban J connectivity index is 1.51. The van der Waals surface area contributed by atoms with E-state index in [9.17, 15) is 0 Å². The average molecular weight is 237 g/mol. The molecule has 3 rings (SSSR count). The summed E-state index contributed by atoms with van der Waals surface area (Å²) in [5.74, 6) is 0. The van der Waals surface area contributed by atoms with E-state index in [2.05, 4.69) is 20.6 Å². The Bertz CT molecular complexity index is 321. The van der Waals surface area contributed by atoms with Gasteiger partial charge < -0.3 is 5.32 Å². The van der Waals surface area contributed by atoms with Crippen LogP contribution in [0.3, 0.4) is 0 Å². The van der Waals surface area contributed by atoms with Crippen LogP contribution in [0.25, 0.3) is 0 Å². The highest BCUT2D eigenvalue weighted by atomic mass is 32.1. The van der Waals surface area contributed by atoms with Crippen LogP contribution < -0.4 is 5.32 Å². The van der Waals surface area contributed by atoms with Gasteiger partial charge in [-0.05, 0) is 32.2 Å². The maximum Gasteiger partial charge on any atom is 0.107 e. The summed E-state index contributed by atoms with van der Waals surface area (Å²) in [5, 5.41) is 7.07. The maximum atomic E-state index is 4.37. The molecule has 2 heterocycles. The fourth-order valence-corrected chi connectivity index (χ4v) is 3.10. The van der Waals surface area contributed by atoms with Crippen molar-refractivity contribution < 1.29 is 0 Å². The summed E-state index contributed by atoms with van der Waals surface area (Å²) in [6, 6.07) is 1.56. The van der Waals surface area contributed by atoms with Crippen LogP contribution in [0.15, 0.2) is 11.6 Å². The maximum absolute atomic E-state index is 4.37. The van der Waals surface area contributed by atoms with Gasteiger partial charge in [-0.25, -0.2) is 4.98 Å². The summed E-state index contributed by atoms with van der Waals surface area (Å²) < 4.78 is 0. The van der Waals surface area contributed by atoms with Gasteiger partial charge in [-0.1, -0.05) is 0 Å². The number of hydrogen-bond donors (Lipinski definition) is 1. The third-order valence-corrected chi connectivity index (χ3v) is 4.16. The zero-order chi connectivity index (χ0) is 10.8. The molecule has 1 unspecified atom stereocenters. The second-order valence-corrected chi connectivity index (χ2v) is 5.92. The van der Waals surface area contributed by atoms with Gasteiger partial charge in [0.1, 0.15) is 5.01 Å². The molecule has 1 aromatic rings. The lowest BCUT2D eigenvalue weighted by Gasteiger charge is -2.32. The van der Waals surface area contributed by atoms with Gasteiger partial charge in [0.25, 0.3) is 0 Å². The molecule has 0 radical (unpaired) electrons. The van der Waals surface area contributed by atoms with Crippen molar-refractivity contribution in [1.29, 1.82) is 0 Å². The molecule has 1 atom stereocenters. The zero-order valence-electron chi connectivity index (χ0n) is 9.56. The molecule has 1 saturated heterocycles. The van der Waals surface area contributed by atoms with E-state index in [0.29, 0.717) is 0 Å². The van der Waals surface area contributed by atoms with Crippen molar-refractivity contribution in [2.75, 3.05) is 13.1 Å². The van der Waals surface area contributed by atoms with Crippen LogP contribution in [0.2, 0.25) is 0 Å². The van der Waals surface area contributed by atoms with Gasteiger partial charge in [-0.3, -0.25) is 4.90 Å². The molecule has 1 N–H and O–H groups in total. The number of nitrogens with zero attached hydrogens (tertiary/aromatic N) is 2. The van der Waals surface area contributed by atoms with Crippen molar-refractivity contribution in [3.63, 3.8) is 0 Å². The first-order valence-corrected chi connectivity index (χ1v) is 7.15. The number of aromatic nitrogens is 1. The highest BCUT2D eigenvalue weighted by Crippen LogP contribution is 2.22. The lowest BCUT2D eigenvalue weighted by molar-refractivity contribution is 0.182. The Kier molecular flexibility index (Phi) is 3.22. The van der Waals surface area contributed by atoms with E-state index < -0.39 is 0 Å². The summed E-state index contributed by atoms with van der Waals surface area (Å²) in [7, 11) is 0. The lowest BCUT2D eigenvalue weighted by Crippen LogP contribution is -2.45. The molecule has 3 nitrogen and oxygen atoms in total. The van der Waals surface area contributed by atoms with Gasteiger partial charge >= 0.3 is 0 Å². The van der Waals surface area contributed by atoms with Gasteiger partial charge in [0.2, 0.25) is 0 Å². The first-order chi connectivity index (χ1) is 7.90. The monoisotopic (exact) mass is 237 g/mol. The van der Waals surface area contributed by atoms with Crippen LogP contribution >= 0.6 is 11.3 Å². The van der Waals surface area contributed by atoms with Gasteiger partial charge in [0, 0.05) is 30.2 Å². The van der Waals surface area contributed by atoms with Crippen molar-refractivity contribution in [2.45, 2.75) is 44.3 Å². The smallest absolute Gasteiger partial charge is 0.107 e. The molecular weight excluding hydrogens is 218 g/mol. The Morgan fingerprint density at radius 1 is 1.38 bits per heavy atom. The van der Waals surface area contributed by atoms with Crippen molar-refractivity contribution in [3.8, 4) is 0 Å². The third kappa shape index (κ3) is 2.81. The molecule has 1 aromatic heterocycles. The second-order valence-electron chi connectivity index (χ2n) is 4.94. The Hall–Kier alpha value is -0.450. The van der Waals surface area contributed by atoms with Crippen LogP contribution in [0.5, 0.6) is 0 Å². The quantitative estimate of drug-likeness (QED) is 0.866. The second kappa shape index (κ2) is 4.82. The van der Waals surface area contributed by atoms with Gasteiger partial charge in [0.15, 0.2) is 0 Å². The number of piperidine rings is 1. The number of likely N-dealkylation sites (tertiary alicyclic amines) is 1. The number of hydrogen-bond acceptors (Lipinski definition) is 4. The largest absolute Gasteiger partial charge is 0.310 e. The minimum Gasteiger partial charge on any atom is -0.310 e. The van der Waals surface area contributed by atoms with Gasteiger partial charge in [-0.15, -0.1) is 11.3 Å². The molecular formula is C12H19N3S. The first-order valence-electron chi connectivity index (χ1n) is 6.27. The van der Waals surface area contributed by atoms with Gasteiger partial charge in [-0.2, -0.15) is 0 Å². The number of rotatable bonds is 4. The number of thiazole rings is 1. The van der Waals surface area contributed by atoms with E-state index in [-0.39, 0.29) is 0 Å². The topological polar surface area (TPSA) is 28.2 Å². The Labute approximate surface area is 101 Å². The fraction of sp³-hybridized carbons (Fsp3) is 0.750. The van der Waals surface area contributed by atoms with E-state index in [4.69, 9.17) is 0 Å². The molecule has 0 spiro atoms. The summed E-state index contributed by atoms with van der Waals surface area (Å²) in [6.07, 6.45) is 7.37. The predicted octanol–water partition coefficient (Wildman–Crippen LogP) is 1.86. The van der Waals surface area contributed by atoms with Crippen LogP contribution in [0.1, 0.15) is 30.7 Å². The minimum atomic E-state index is 0.723. The zero-order valence-corrected chi connectivity index (χ0v) is 10.4. The van der Waals surface area contributed by atoms with Crippen molar-refractivity contribution in [1.82, 2.24) is 15.2 Å². The van der Waals surface area contributed by atoms with E-state index in [1.807, 2.05) is 6.20 Å². The Morgan fingerprint density at radius 2 is 2.31 bits per heavy atom. The normalized spacial score (nSPS) is 27.1. The van der Waals surface area contributed by atoms with Crippen LogP contribution in [0, 0.1) is 0 Å². The molecule has 4 heteroatoms. The van der Waals surface area contributed by atoms with Crippen molar-refractivity contribution in [2.24, 2.45) is 0 Å². The predicted molar refractivity (Wildman–Crippen MR) is 66.6 cm³/mol. The third-order valence-electron chi connectivity index (χ3n) is 3.40. The van der Waals surface area contributed by atoms with Crippen LogP contribution in [-0.4, -0.2) is 35.1 Å². The van der Waals surface area contributed by atoms with E-state index >= 15 is 0 Å². The molecule has 1 aliphatic carbocycles. The van der Waals surface area contributed by atoms with Crippen LogP contribution in [-0.2, 0) is 6.54 Å². The highest BCUT2D eigenvalue weighted by molar-refractivity contribution is 7.09. The minimum absolute atomic E-state index is 0.723. The summed E-state index contributed by atoms with van der Waals surface area (Å²) in [4.78, 5) is 6.91. The molecule has 1 saturated carbocycles. The van der Waals surface area contributed by atoms with Gasteiger partial charge in [0.05, 0.1) is 6.54 Å². The van der Waals surface area contributed by atoms with Crippen molar-refractivity contribution >= 4 is 11.3 Å². The summed E-state index contributed by atoms with van der Waals surface area (Å²) in [6.45, 7) is 3.49. The molecule has 16 heavy (non-hydrogen) atoms. The highest BCUT2D eigenvalue weighted by Gasteiger charge is 2.27. The summed E-state index contributed by atoms with van der Waals surface area (Å²) in [5.41, 5.74) is 0. The Morgan fingerprint density at radius 3 is 3.06 bits per heavy atom. The summed E-state index contributed by atoms with van der Waals surface area (Å²) >= 11 is 1.77. The number of nitrogens with one attached hydrogen (secondary N) is 1. The molecule has 0 aromatic carbocycles. The first kappa shape index (κ1) is 10.7. The molecule has 2 aliphatic rings. The molecule has 0 bridgehead atoms. The molecule has 88 valence electrons. The van der Waals surface area contributed by atoms with E-state index in [0.717, 1.165) is 18.6 Å². The van der Waals surface area contributed by atoms with E-state index in [1.54, 1.807) is 11.3 Å². The molecule has 2 fully saturated rings. The average Bonchev–Trinajstić information content (AvgIpc) is 2.94. The van der Waals surface area contributed by atoms with Crippen molar-refractivity contribution in [3.05, 3.63) is 16.6 Å². The SMILES string of the molecule is c1csc(CN2CCCC(NC3CC3)C2)n1. The van der Waals surface area contributed by atoms with Crippen LogP contribution in [0.4, 0.5) is 0 Å². The molecule has 1 aliphatic heterocycles. The standard InChI is InChI=1S/C12H19N3S/c1-2-11(14-10-3-4-10)8-15(6-1)9-12-13-5-7-16-12/h5,7,10-11,14H,1-4,6,8-9H2. The lowest BCUT2D eigenvalue weighted by atomic mass is 10.1. The van der Waals surface area contributed by atoms with E-state index in [1.165, 1.54) is 43.8 Å². The fourth-order valence-electron chi connectivity index (χ4n) is 2.44.